The van der Waals surface area contributed by atoms with Crippen molar-refractivity contribution < 1.29 is 60.7 Å². The molecule has 22 heteroatoms. The second kappa shape index (κ2) is 24.9. The minimum Gasteiger partial charge on any atom is -0.481 e. The Bertz CT molecular complexity index is 3420. The van der Waals surface area contributed by atoms with Gasteiger partial charge in [0.25, 0.3) is 0 Å². The predicted octanol–water partition coefficient (Wildman–Crippen LogP) is 12.7. The van der Waals surface area contributed by atoms with Crippen molar-refractivity contribution in [2.24, 2.45) is 10.8 Å². The third-order valence-electron chi connectivity index (χ3n) is 12.1. The highest BCUT2D eigenvalue weighted by Gasteiger charge is 2.31. The van der Waals surface area contributed by atoms with E-state index in [-0.39, 0.29) is 66.6 Å². The molecule has 0 amide bonds. The molecule has 2 N–H and O–H groups in total. The third-order valence-corrected chi connectivity index (χ3v) is 13.8. The molecule has 4 aromatic carbocycles. The van der Waals surface area contributed by atoms with E-state index < -0.39 is 48.1 Å². The molecule has 0 unspecified atom stereocenters. The number of aryl methyl sites for hydroxylation is 2. The number of hydrogen-bond acceptors (Lipinski definition) is 14. The Hall–Kier alpha value is -8.50. The average Bonchev–Trinajstić information content (AvgIpc) is 4.10. The van der Waals surface area contributed by atoms with Gasteiger partial charge in [-0.2, -0.15) is 14.6 Å². The van der Waals surface area contributed by atoms with Gasteiger partial charge >= 0.3 is 24.0 Å². The molecule has 8 aromatic rings. The molecule has 0 aliphatic heterocycles. The summed E-state index contributed by atoms with van der Waals surface area (Å²) in [5, 5.41) is 20.2. The highest BCUT2D eigenvalue weighted by Crippen LogP contribution is 2.34. The minimum absolute atomic E-state index is 0.0307. The van der Waals surface area contributed by atoms with Gasteiger partial charge in [0.05, 0.1) is 29.1 Å². The number of carbonyl (C=O) groups excluding carboxylic acids is 1. The van der Waals surface area contributed by atoms with Crippen molar-refractivity contribution in [1.29, 1.82) is 0 Å². The molecule has 8 rings (SSSR count). The Labute approximate surface area is 454 Å². The zero-order chi connectivity index (χ0) is 57.2. The largest absolute Gasteiger partial charge is 0.481 e. The number of esters is 1. The van der Waals surface area contributed by atoms with Gasteiger partial charge in [-0.25, -0.2) is 27.5 Å². The molecular weight excluding hydrogens is 1040 g/mol. The molecule has 4 aromatic heterocycles. The summed E-state index contributed by atoms with van der Waals surface area (Å²) < 4.78 is 91.7. The van der Waals surface area contributed by atoms with Crippen LogP contribution in [0.4, 0.5) is 17.6 Å². The van der Waals surface area contributed by atoms with Crippen molar-refractivity contribution >= 4 is 20.0 Å². The molecule has 0 saturated heterocycles. The van der Waals surface area contributed by atoms with Crippen LogP contribution >= 0.6 is 0 Å². The van der Waals surface area contributed by atoms with E-state index in [2.05, 4.69) is 54.9 Å². The van der Waals surface area contributed by atoms with Crippen molar-refractivity contribution in [2.45, 2.75) is 74.0 Å². The Morgan fingerprint density at radius 1 is 0.671 bits per heavy atom. The van der Waals surface area contributed by atoms with Gasteiger partial charge < -0.3 is 33.5 Å². The number of pyridine rings is 2. The summed E-state index contributed by atoms with van der Waals surface area (Å²) in [6, 6.07) is 24.7. The number of H-pyrrole nitrogens is 1. The summed E-state index contributed by atoms with van der Waals surface area (Å²) in [7, 11) is 0.0285. The molecule has 0 aliphatic carbocycles. The fourth-order valence-corrected chi connectivity index (χ4v) is 7.98. The standard InChI is InChI=1S/C32H38F2N4O5Si.C25H22F2N4O4/c1-21-16-28(42-19-32(2,3)30(39)40-4)35-18-26(21)22-8-13-25(27(34)17-22)29-36-31(43-24-11-9-23(33)10-12-24)38(37-29)20-41-14-15-44(5,6)7;1-14-10-21(34-13-25(2,3)23(32)33)28-12-19(14)15-4-9-18(20(27)11-15)22-29-24(31-30-22)35-17-7-5-16(26)6-8-17/h8-13,16-18H,14-15,19-20H2,1-7H3;4-12H,13H2,1-3H3,(H,32,33)(H,29,30,31). The highest BCUT2D eigenvalue weighted by molar-refractivity contribution is 6.76. The van der Waals surface area contributed by atoms with Crippen LogP contribution in [0.25, 0.3) is 45.0 Å². The molecule has 4 heterocycles. The van der Waals surface area contributed by atoms with Gasteiger partial charge in [0, 0.05) is 50.3 Å². The fraction of sp³-hybridized carbons (Fsp3) is 0.298. The van der Waals surface area contributed by atoms with Crippen LogP contribution in [-0.2, 0) is 25.8 Å². The maximum absolute atomic E-state index is 15.6. The summed E-state index contributed by atoms with van der Waals surface area (Å²) in [5.74, 6) is -1.60. The van der Waals surface area contributed by atoms with E-state index in [1.807, 2.05) is 13.8 Å². The van der Waals surface area contributed by atoms with Crippen molar-refractivity contribution in [3.8, 4) is 80.3 Å². The number of hydrogen-bond donors (Lipinski definition) is 2. The number of aliphatic carboxylic acids is 1. The SMILES string of the molecule is COC(=O)C(C)(C)COc1cc(C)c(-c2ccc(-c3nc(Oc4ccc(F)cc4)n(COCC[Si](C)(C)C)n3)c(F)c2)cn1.Cc1cc(OCC(C)(C)C(=O)O)ncc1-c1ccc(-c2nc(Oc3ccc(F)cc3)n[nH]2)c(F)c1. The second-order valence-electron chi connectivity index (χ2n) is 20.9. The number of ether oxygens (including phenoxy) is 6. The van der Waals surface area contributed by atoms with E-state index in [4.69, 9.17) is 28.4 Å². The van der Waals surface area contributed by atoms with Crippen LogP contribution in [0.15, 0.2) is 109 Å². The number of rotatable bonds is 21. The molecule has 414 valence electrons. The smallest absolute Gasteiger partial charge is 0.341 e. The van der Waals surface area contributed by atoms with Crippen LogP contribution in [0.3, 0.4) is 0 Å². The van der Waals surface area contributed by atoms with Crippen molar-refractivity contribution in [3.63, 3.8) is 0 Å². The first kappa shape index (κ1) is 58.2. The maximum atomic E-state index is 15.6. The van der Waals surface area contributed by atoms with Gasteiger partial charge in [0.2, 0.25) is 11.8 Å². The van der Waals surface area contributed by atoms with Gasteiger partial charge in [-0.05, 0) is 143 Å². The average molecular weight is 1110 g/mol. The summed E-state index contributed by atoms with van der Waals surface area (Å²) in [6.07, 6.45) is 3.15. The van der Waals surface area contributed by atoms with Gasteiger partial charge in [-0.1, -0.05) is 31.8 Å². The molecule has 0 radical (unpaired) electrons. The first-order chi connectivity index (χ1) is 37.4. The molecule has 0 spiro atoms. The van der Waals surface area contributed by atoms with E-state index >= 15 is 4.39 Å². The quantitative estimate of drug-likeness (QED) is 0.0297. The van der Waals surface area contributed by atoms with Crippen molar-refractivity contribution in [1.82, 2.24) is 39.9 Å². The Kier molecular flexibility index (Phi) is 18.3. The van der Waals surface area contributed by atoms with Crippen LogP contribution in [0, 0.1) is 47.9 Å². The molecule has 0 fully saturated rings. The van der Waals surface area contributed by atoms with E-state index in [0.29, 0.717) is 46.2 Å². The number of aromatic nitrogens is 8. The summed E-state index contributed by atoms with van der Waals surface area (Å²) in [4.78, 5) is 40.3. The number of nitrogens with one attached hydrogen (secondary N) is 1. The lowest BCUT2D eigenvalue weighted by molar-refractivity contribution is -0.152. The Morgan fingerprint density at radius 3 is 1.68 bits per heavy atom. The lowest BCUT2D eigenvalue weighted by Gasteiger charge is -2.21. The zero-order valence-corrected chi connectivity index (χ0v) is 46.3. The molecular formula is C57H60F4N8O9Si. The number of carbonyl (C=O) groups is 2. The number of aromatic amines is 1. The number of halogens is 4. The first-order valence-electron chi connectivity index (χ1n) is 24.8. The summed E-state index contributed by atoms with van der Waals surface area (Å²) >= 11 is 0. The summed E-state index contributed by atoms with van der Waals surface area (Å²) in [5.41, 5.74) is 2.67. The van der Waals surface area contributed by atoms with E-state index in [9.17, 15) is 27.9 Å². The monoisotopic (exact) mass is 1100 g/mol. The number of carboxylic acid groups (broad SMARTS) is 1. The van der Waals surface area contributed by atoms with E-state index in [1.165, 1.54) is 72.5 Å². The van der Waals surface area contributed by atoms with Crippen molar-refractivity contribution in [2.75, 3.05) is 26.9 Å². The molecule has 0 atom stereocenters. The lowest BCUT2D eigenvalue weighted by atomic mass is 9.95. The normalized spacial score (nSPS) is 11.6. The number of nitrogens with zero attached hydrogens (tertiary/aromatic N) is 7. The van der Waals surface area contributed by atoms with Crippen molar-refractivity contribution in [3.05, 3.63) is 144 Å². The maximum Gasteiger partial charge on any atom is 0.341 e. The Morgan fingerprint density at radius 2 is 1.19 bits per heavy atom. The topological polar surface area (TPSA) is 208 Å². The van der Waals surface area contributed by atoms with Gasteiger partial charge in [-0.3, -0.25) is 14.7 Å². The Balaban J connectivity index is 0.000000234. The van der Waals surface area contributed by atoms with E-state index in [0.717, 1.165) is 17.2 Å². The predicted molar refractivity (Wildman–Crippen MR) is 288 cm³/mol. The molecule has 0 saturated carbocycles. The zero-order valence-electron chi connectivity index (χ0n) is 45.3. The summed E-state index contributed by atoms with van der Waals surface area (Å²) in [6.45, 7) is 17.7. The van der Waals surface area contributed by atoms with Gasteiger partial charge in [0.15, 0.2) is 11.6 Å². The van der Waals surface area contributed by atoms with Crippen LogP contribution in [0.1, 0.15) is 38.8 Å². The number of benzene rings is 4. The number of methoxy groups -OCH3 is 1. The third kappa shape index (κ3) is 15.6. The minimum atomic E-state index is -1.30. The molecule has 0 bridgehead atoms. The first-order valence-corrected chi connectivity index (χ1v) is 28.5. The van der Waals surface area contributed by atoms with Crippen LogP contribution in [0.2, 0.25) is 25.7 Å². The van der Waals surface area contributed by atoms with Crippen LogP contribution < -0.4 is 18.9 Å². The van der Waals surface area contributed by atoms with Gasteiger partial charge in [0.1, 0.15) is 54.7 Å². The fourth-order valence-electron chi connectivity index (χ4n) is 7.23. The molecule has 79 heavy (non-hydrogen) atoms. The highest BCUT2D eigenvalue weighted by atomic mass is 28.3. The number of carboxylic acids is 1. The second-order valence-corrected chi connectivity index (χ2v) is 26.5. The van der Waals surface area contributed by atoms with Crippen LogP contribution in [-0.4, -0.2) is 92.0 Å². The molecule has 17 nitrogen and oxygen atoms in total. The van der Waals surface area contributed by atoms with Crippen LogP contribution in [0.5, 0.6) is 35.3 Å². The van der Waals surface area contributed by atoms with E-state index in [1.54, 1.807) is 76.5 Å². The molecule has 0 aliphatic rings. The lowest BCUT2D eigenvalue weighted by Crippen LogP contribution is -2.32. The van der Waals surface area contributed by atoms with Gasteiger partial charge in [-0.15, -0.1) is 10.2 Å².